The first-order valence-corrected chi connectivity index (χ1v) is 7.93. The molecule has 1 saturated heterocycles. The van der Waals surface area contributed by atoms with E-state index in [2.05, 4.69) is 20.8 Å². The second-order valence-corrected chi connectivity index (χ2v) is 6.64. The van der Waals surface area contributed by atoms with E-state index in [0.29, 0.717) is 10.4 Å². The first-order chi connectivity index (χ1) is 9.10. The number of hydrogen-bond acceptors (Lipinski definition) is 5. The second-order valence-electron chi connectivity index (χ2n) is 4.67. The zero-order valence-corrected chi connectivity index (χ0v) is 13.2. The number of thiophene rings is 1. The minimum atomic E-state index is -0.333. The second kappa shape index (κ2) is 6.78. The molecule has 1 aliphatic rings. The average Bonchev–Trinajstić information content (AvgIpc) is 2.94. The Morgan fingerprint density at radius 1 is 1.68 bits per heavy atom. The van der Waals surface area contributed by atoms with E-state index < -0.39 is 0 Å². The van der Waals surface area contributed by atoms with Gasteiger partial charge in [0, 0.05) is 24.6 Å². The summed E-state index contributed by atoms with van der Waals surface area (Å²) >= 11 is 4.50. The highest BCUT2D eigenvalue weighted by molar-refractivity contribution is 9.10. The van der Waals surface area contributed by atoms with Gasteiger partial charge in [0.05, 0.1) is 11.5 Å². The molecule has 1 aromatic rings. The van der Waals surface area contributed by atoms with Gasteiger partial charge in [-0.3, -0.25) is 15.0 Å². The number of nitrogens with zero attached hydrogens (tertiary/aromatic N) is 2. The first-order valence-electron chi connectivity index (χ1n) is 6.32. The fourth-order valence-corrected chi connectivity index (χ4v) is 4.02. The zero-order valence-electron chi connectivity index (χ0n) is 10.8. The molecule has 5 nitrogen and oxygen atoms in total. The molecule has 0 aromatic carbocycles. The Hall–Kier alpha value is -0.500. The first kappa shape index (κ1) is 14.9. The molecule has 0 saturated carbocycles. The van der Waals surface area contributed by atoms with Crippen molar-refractivity contribution >= 4 is 32.3 Å². The van der Waals surface area contributed by atoms with Crippen molar-refractivity contribution in [2.45, 2.75) is 19.9 Å². The smallest absolute Gasteiger partial charge is 0.338 e. The Balaban J connectivity index is 1.88. The van der Waals surface area contributed by atoms with Crippen molar-refractivity contribution in [1.82, 2.24) is 4.90 Å². The van der Waals surface area contributed by atoms with E-state index in [0.717, 1.165) is 44.1 Å². The highest BCUT2D eigenvalue weighted by Crippen LogP contribution is 2.35. The van der Waals surface area contributed by atoms with Gasteiger partial charge in [-0.1, -0.05) is 11.3 Å². The van der Waals surface area contributed by atoms with Gasteiger partial charge in [0.25, 0.3) is 0 Å². The lowest BCUT2D eigenvalue weighted by Crippen LogP contribution is -2.21. The van der Waals surface area contributed by atoms with Crippen LogP contribution in [0.15, 0.2) is 10.5 Å². The van der Waals surface area contributed by atoms with Gasteiger partial charge in [0.15, 0.2) is 0 Å². The summed E-state index contributed by atoms with van der Waals surface area (Å²) in [6.45, 7) is 6.45. The van der Waals surface area contributed by atoms with Crippen LogP contribution in [0.3, 0.4) is 0 Å². The molecule has 1 aromatic heterocycles. The minimum absolute atomic E-state index is 0.195. The van der Waals surface area contributed by atoms with Crippen LogP contribution >= 0.6 is 27.3 Å². The van der Waals surface area contributed by atoms with E-state index in [4.69, 9.17) is 4.74 Å². The standard InChI is InChI=1S/C12H17BrN2O3S/c1-2-18-8-9-3-4-14(6-9)7-10-5-11(13)12(19-10)15(16)17/h5,9H,2-4,6-8H2,1H3. The fourth-order valence-electron chi connectivity index (χ4n) is 2.31. The van der Waals surface area contributed by atoms with Crippen molar-refractivity contribution in [1.29, 1.82) is 0 Å². The minimum Gasteiger partial charge on any atom is -0.381 e. The van der Waals surface area contributed by atoms with E-state index in [1.807, 2.05) is 13.0 Å². The molecule has 0 N–H and O–H groups in total. The Labute approximate surface area is 124 Å². The van der Waals surface area contributed by atoms with Crippen LogP contribution in [0.5, 0.6) is 0 Å². The summed E-state index contributed by atoms with van der Waals surface area (Å²) in [5, 5.41) is 11.0. The van der Waals surface area contributed by atoms with Crippen LogP contribution in [-0.4, -0.2) is 36.1 Å². The molecule has 2 rings (SSSR count). The van der Waals surface area contributed by atoms with Crippen molar-refractivity contribution in [2.24, 2.45) is 5.92 Å². The number of halogens is 1. The van der Waals surface area contributed by atoms with Crippen LogP contribution < -0.4 is 0 Å². The van der Waals surface area contributed by atoms with Crippen LogP contribution in [0.4, 0.5) is 5.00 Å². The van der Waals surface area contributed by atoms with Gasteiger partial charge in [0.2, 0.25) is 0 Å². The van der Waals surface area contributed by atoms with Crippen LogP contribution in [-0.2, 0) is 11.3 Å². The molecular weight excluding hydrogens is 332 g/mol. The zero-order chi connectivity index (χ0) is 13.8. The summed E-state index contributed by atoms with van der Waals surface area (Å²) in [4.78, 5) is 13.8. The molecule has 0 aliphatic carbocycles. The van der Waals surface area contributed by atoms with Crippen molar-refractivity contribution in [3.05, 3.63) is 25.5 Å². The Morgan fingerprint density at radius 3 is 3.11 bits per heavy atom. The summed E-state index contributed by atoms with van der Waals surface area (Å²) in [6, 6.07) is 1.86. The third-order valence-corrected chi connectivity index (χ3v) is 5.13. The SMILES string of the molecule is CCOCC1CCN(Cc2cc(Br)c([N+](=O)[O-])s2)C1. The molecule has 106 valence electrons. The predicted molar refractivity (Wildman–Crippen MR) is 78.6 cm³/mol. The monoisotopic (exact) mass is 348 g/mol. The summed E-state index contributed by atoms with van der Waals surface area (Å²) < 4.78 is 6.04. The summed E-state index contributed by atoms with van der Waals surface area (Å²) in [7, 11) is 0. The van der Waals surface area contributed by atoms with Crippen molar-refractivity contribution in [3.8, 4) is 0 Å². The number of hydrogen-bond donors (Lipinski definition) is 0. The lowest BCUT2D eigenvalue weighted by molar-refractivity contribution is -0.380. The van der Waals surface area contributed by atoms with Crippen molar-refractivity contribution in [3.63, 3.8) is 0 Å². The Kier molecular flexibility index (Phi) is 5.32. The van der Waals surface area contributed by atoms with E-state index in [-0.39, 0.29) is 9.92 Å². The fraction of sp³-hybridized carbons (Fsp3) is 0.667. The van der Waals surface area contributed by atoms with Crippen LogP contribution in [0, 0.1) is 16.0 Å². The third kappa shape index (κ3) is 3.98. The maximum atomic E-state index is 10.8. The van der Waals surface area contributed by atoms with Crippen LogP contribution in [0.2, 0.25) is 0 Å². The van der Waals surface area contributed by atoms with Crippen molar-refractivity contribution < 1.29 is 9.66 Å². The van der Waals surface area contributed by atoms with Gasteiger partial charge in [-0.05, 0) is 47.8 Å². The molecule has 2 heterocycles. The van der Waals surface area contributed by atoms with E-state index in [9.17, 15) is 10.1 Å². The van der Waals surface area contributed by atoms with E-state index in [1.54, 1.807) is 0 Å². The predicted octanol–water partition coefficient (Wildman–Crippen LogP) is 3.28. The number of rotatable bonds is 6. The van der Waals surface area contributed by atoms with E-state index >= 15 is 0 Å². The van der Waals surface area contributed by atoms with Crippen molar-refractivity contribution in [2.75, 3.05) is 26.3 Å². The highest BCUT2D eigenvalue weighted by Gasteiger charge is 2.24. The lowest BCUT2D eigenvalue weighted by Gasteiger charge is -2.14. The largest absolute Gasteiger partial charge is 0.381 e. The molecule has 0 bridgehead atoms. The normalized spacial score (nSPS) is 20.0. The Bertz CT molecular complexity index is 452. The van der Waals surface area contributed by atoms with Gasteiger partial charge in [0.1, 0.15) is 4.47 Å². The molecule has 1 unspecified atom stereocenters. The Morgan fingerprint density at radius 2 is 2.47 bits per heavy atom. The molecule has 1 fully saturated rings. The third-order valence-electron chi connectivity index (χ3n) is 3.19. The lowest BCUT2D eigenvalue weighted by atomic mass is 10.1. The summed E-state index contributed by atoms with van der Waals surface area (Å²) in [6.07, 6.45) is 1.15. The van der Waals surface area contributed by atoms with Gasteiger partial charge in [-0.15, -0.1) is 0 Å². The number of nitro groups is 1. The summed E-state index contributed by atoms with van der Waals surface area (Å²) in [5.41, 5.74) is 0. The van der Waals surface area contributed by atoms with E-state index in [1.165, 1.54) is 11.3 Å². The van der Waals surface area contributed by atoms with Gasteiger partial charge < -0.3 is 4.74 Å². The quantitative estimate of drug-likeness (QED) is 0.584. The molecular formula is C12H17BrN2O3S. The van der Waals surface area contributed by atoms with Gasteiger partial charge in [-0.2, -0.15) is 0 Å². The van der Waals surface area contributed by atoms with Gasteiger partial charge >= 0.3 is 5.00 Å². The topological polar surface area (TPSA) is 55.6 Å². The molecule has 0 radical (unpaired) electrons. The molecule has 0 amide bonds. The maximum absolute atomic E-state index is 10.8. The number of ether oxygens (including phenoxy) is 1. The molecule has 19 heavy (non-hydrogen) atoms. The molecule has 1 aliphatic heterocycles. The molecule has 1 atom stereocenters. The summed E-state index contributed by atoms with van der Waals surface area (Å²) in [5.74, 6) is 0.596. The van der Waals surface area contributed by atoms with Gasteiger partial charge in [-0.25, -0.2) is 0 Å². The maximum Gasteiger partial charge on any atom is 0.338 e. The number of likely N-dealkylation sites (tertiary alicyclic amines) is 1. The van der Waals surface area contributed by atoms with Crippen LogP contribution in [0.1, 0.15) is 18.2 Å². The molecule has 0 spiro atoms. The highest BCUT2D eigenvalue weighted by atomic mass is 79.9. The average molecular weight is 349 g/mol. The molecule has 7 heteroatoms. The van der Waals surface area contributed by atoms with Crippen LogP contribution in [0.25, 0.3) is 0 Å².